The Morgan fingerprint density at radius 3 is 2.25 bits per heavy atom. The molecule has 7 heteroatoms. The van der Waals surface area contributed by atoms with Crippen LogP contribution in [0, 0.1) is 6.92 Å². The van der Waals surface area contributed by atoms with Gasteiger partial charge in [-0.3, -0.25) is 9.52 Å². The van der Waals surface area contributed by atoms with Crippen LogP contribution in [0.15, 0.2) is 77.7 Å². The van der Waals surface area contributed by atoms with E-state index in [2.05, 4.69) is 10.0 Å². The van der Waals surface area contributed by atoms with Gasteiger partial charge in [-0.2, -0.15) is 0 Å². The molecule has 0 aliphatic heterocycles. The molecule has 6 nitrogen and oxygen atoms in total. The molecule has 28 heavy (non-hydrogen) atoms. The predicted octanol–water partition coefficient (Wildman–Crippen LogP) is 4.06. The third-order valence-corrected chi connectivity index (χ3v) is 5.53. The van der Waals surface area contributed by atoms with Crippen molar-refractivity contribution in [2.24, 2.45) is 0 Å². The Hall–Kier alpha value is -3.32. The number of nitrogens with one attached hydrogen (secondary N) is 2. The van der Waals surface area contributed by atoms with Crippen LogP contribution >= 0.6 is 0 Å². The summed E-state index contributed by atoms with van der Waals surface area (Å²) in [6.07, 6.45) is 0. The Kier molecular flexibility index (Phi) is 5.65. The molecule has 0 atom stereocenters. The summed E-state index contributed by atoms with van der Waals surface area (Å²) >= 11 is 0. The first kappa shape index (κ1) is 19.4. The Labute approximate surface area is 164 Å². The largest absolute Gasteiger partial charge is 0.497 e. The minimum atomic E-state index is -3.80. The molecule has 0 spiro atoms. The lowest BCUT2D eigenvalue weighted by atomic mass is 10.1. The lowest BCUT2D eigenvalue weighted by Gasteiger charge is -2.13. The van der Waals surface area contributed by atoms with E-state index in [1.54, 1.807) is 43.3 Å². The number of rotatable bonds is 6. The van der Waals surface area contributed by atoms with Crippen molar-refractivity contribution in [3.05, 3.63) is 83.9 Å². The molecule has 0 saturated carbocycles. The molecular formula is C21H20N2O4S. The van der Waals surface area contributed by atoms with Crippen molar-refractivity contribution >= 4 is 27.3 Å². The monoisotopic (exact) mass is 396 g/mol. The number of hydrogen-bond acceptors (Lipinski definition) is 4. The summed E-state index contributed by atoms with van der Waals surface area (Å²) in [6, 6.07) is 20.0. The molecule has 3 aromatic rings. The number of carbonyl (C=O) groups excluding carboxylic acids is 1. The topological polar surface area (TPSA) is 84.5 Å². The summed E-state index contributed by atoms with van der Waals surface area (Å²) in [5.41, 5.74) is 2.06. The second kappa shape index (κ2) is 8.14. The zero-order valence-corrected chi connectivity index (χ0v) is 16.3. The number of anilines is 2. The van der Waals surface area contributed by atoms with Crippen LogP contribution < -0.4 is 14.8 Å². The Morgan fingerprint density at radius 2 is 1.61 bits per heavy atom. The van der Waals surface area contributed by atoms with E-state index in [9.17, 15) is 13.2 Å². The zero-order valence-electron chi connectivity index (χ0n) is 15.5. The van der Waals surface area contributed by atoms with Crippen molar-refractivity contribution < 1.29 is 17.9 Å². The summed E-state index contributed by atoms with van der Waals surface area (Å²) < 4.78 is 32.9. The second-order valence-corrected chi connectivity index (χ2v) is 7.81. The molecule has 0 saturated heterocycles. The van der Waals surface area contributed by atoms with Gasteiger partial charge in [0.15, 0.2) is 0 Å². The van der Waals surface area contributed by atoms with Gasteiger partial charge in [0, 0.05) is 11.3 Å². The smallest absolute Gasteiger partial charge is 0.261 e. The molecule has 2 N–H and O–H groups in total. The lowest BCUT2D eigenvalue weighted by molar-refractivity contribution is 0.102. The number of benzene rings is 3. The third-order valence-electron chi connectivity index (χ3n) is 4.15. The number of aryl methyl sites for hydroxylation is 1. The molecule has 0 aliphatic rings. The SMILES string of the molecule is COc1ccc(S(=O)(=O)Nc2cc(C(=O)Nc3ccccc3)ccc2C)cc1. The van der Waals surface area contributed by atoms with Gasteiger partial charge in [-0.05, 0) is 61.0 Å². The van der Waals surface area contributed by atoms with Crippen LogP contribution in [0.5, 0.6) is 5.75 Å². The summed E-state index contributed by atoms with van der Waals surface area (Å²) in [4.78, 5) is 12.6. The summed E-state index contributed by atoms with van der Waals surface area (Å²) in [6.45, 7) is 1.77. The van der Waals surface area contributed by atoms with Crippen LogP contribution in [0.3, 0.4) is 0 Å². The molecule has 3 rings (SSSR count). The highest BCUT2D eigenvalue weighted by Gasteiger charge is 2.17. The van der Waals surface area contributed by atoms with E-state index in [1.807, 2.05) is 18.2 Å². The minimum Gasteiger partial charge on any atom is -0.497 e. The Bertz CT molecular complexity index is 1080. The van der Waals surface area contributed by atoms with Crippen molar-refractivity contribution in [1.29, 1.82) is 0 Å². The van der Waals surface area contributed by atoms with Gasteiger partial charge < -0.3 is 10.1 Å². The Morgan fingerprint density at radius 1 is 0.929 bits per heavy atom. The molecule has 3 aromatic carbocycles. The quantitative estimate of drug-likeness (QED) is 0.658. The number of methoxy groups -OCH3 is 1. The summed E-state index contributed by atoms with van der Waals surface area (Å²) in [5, 5.41) is 2.78. The fourth-order valence-electron chi connectivity index (χ4n) is 2.56. The van der Waals surface area contributed by atoms with Crippen molar-refractivity contribution in [1.82, 2.24) is 0 Å². The van der Waals surface area contributed by atoms with Crippen molar-refractivity contribution in [2.75, 3.05) is 17.1 Å². The molecule has 0 radical (unpaired) electrons. The molecule has 0 aliphatic carbocycles. The first-order valence-electron chi connectivity index (χ1n) is 8.53. The normalized spacial score (nSPS) is 10.9. The molecule has 0 unspecified atom stereocenters. The maximum Gasteiger partial charge on any atom is 0.261 e. The Balaban J connectivity index is 1.83. The molecule has 0 heterocycles. The number of carbonyl (C=O) groups is 1. The van der Waals surface area contributed by atoms with E-state index in [0.717, 1.165) is 0 Å². The van der Waals surface area contributed by atoms with Gasteiger partial charge in [-0.25, -0.2) is 8.42 Å². The zero-order chi connectivity index (χ0) is 20.1. The number of amides is 1. The first-order chi connectivity index (χ1) is 13.4. The fourth-order valence-corrected chi connectivity index (χ4v) is 3.68. The van der Waals surface area contributed by atoms with E-state index < -0.39 is 10.0 Å². The number of ether oxygens (including phenoxy) is 1. The van der Waals surface area contributed by atoms with Gasteiger partial charge in [0.05, 0.1) is 17.7 Å². The van der Waals surface area contributed by atoms with Gasteiger partial charge >= 0.3 is 0 Å². The lowest BCUT2D eigenvalue weighted by Crippen LogP contribution is -2.16. The van der Waals surface area contributed by atoms with Crippen LogP contribution in [0.1, 0.15) is 15.9 Å². The van der Waals surface area contributed by atoms with Crippen LogP contribution in [-0.2, 0) is 10.0 Å². The maximum absolute atomic E-state index is 12.7. The summed E-state index contributed by atoms with van der Waals surface area (Å²) in [5.74, 6) is 0.241. The predicted molar refractivity (Wildman–Crippen MR) is 109 cm³/mol. The van der Waals surface area contributed by atoms with Crippen LogP contribution in [-0.4, -0.2) is 21.4 Å². The van der Waals surface area contributed by atoms with Crippen LogP contribution in [0.2, 0.25) is 0 Å². The van der Waals surface area contributed by atoms with E-state index in [4.69, 9.17) is 4.74 Å². The first-order valence-corrected chi connectivity index (χ1v) is 10.0. The fraction of sp³-hybridized carbons (Fsp3) is 0.0952. The van der Waals surface area contributed by atoms with Crippen molar-refractivity contribution in [3.8, 4) is 5.75 Å². The number of hydrogen-bond donors (Lipinski definition) is 2. The van der Waals surface area contributed by atoms with Crippen LogP contribution in [0.25, 0.3) is 0 Å². The highest BCUT2D eigenvalue weighted by molar-refractivity contribution is 7.92. The maximum atomic E-state index is 12.7. The van der Waals surface area contributed by atoms with Gasteiger partial charge in [-0.15, -0.1) is 0 Å². The highest BCUT2D eigenvalue weighted by Crippen LogP contribution is 2.23. The standard InChI is InChI=1S/C21H20N2O4S/c1-15-8-9-16(21(24)22-17-6-4-3-5-7-17)14-20(15)23-28(25,26)19-12-10-18(27-2)11-13-19/h3-14,23H,1-2H3,(H,22,24). The van der Waals surface area contributed by atoms with Crippen molar-refractivity contribution in [2.45, 2.75) is 11.8 Å². The molecule has 0 fully saturated rings. The molecule has 0 bridgehead atoms. The van der Waals surface area contributed by atoms with Gasteiger partial charge in [0.2, 0.25) is 0 Å². The van der Waals surface area contributed by atoms with Crippen molar-refractivity contribution in [3.63, 3.8) is 0 Å². The highest BCUT2D eigenvalue weighted by atomic mass is 32.2. The van der Waals surface area contributed by atoms with Gasteiger partial charge in [0.25, 0.3) is 15.9 Å². The average Bonchev–Trinajstić information content (AvgIpc) is 2.70. The molecule has 144 valence electrons. The van der Waals surface area contributed by atoms with Gasteiger partial charge in [-0.1, -0.05) is 24.3 Å². The minimum absolute atomic E-state index is 0.104. The summed E-state index contributed by atoms with van der Waals surface area (Å²) in [7, 11) is -2.29. The number of sulfonamides is 1. The molecular weight excluding hydrogens is 376 g/mol. The molecule has 0 aromatic heterocycles. The van der Waals surface area contributed by atoms with E-state index in [0.29, 0.717) is 28.3 Å². The number of para-hydroxylation sites is 1. The van der Waals surface area contributed by atoms with E-state index >= 15 is 0 Å². The van der Waals surface area contributed by atoms with E-state index in [1.165, 1.54) is 25.3 Å². The van der Waals surface area contributed by atoms with E-state index in [-0.39, 0.29) is 10.8 Å². The second-order valence-electron chi connectivity index (χ2n) is 6.13. The molecule has 1 amide bonds. The van der Waals surface area contributed by atoms with Gasteiger partial charge in [0.1, 0.15) is 5.75 Å². The third kappa shape index (κ3) is 4.50. The van der Waals surface area contributed by atoms with Crippen LogP contribution in [0.4, 0.5) is 11.4 Å². The average molecular weight is 396 g/mol.